The second kappa shape index (κ2) is 7.54. The lowest BCUT2D eigenvalue weighted by atomic mass is 9.40. The number of carbonyl (C=O) groups is 2. The van der Waals surface area contributed by atoms with Crippen LogP contribution in [0.15, 0.2) is 23.3 Å². The van der Waals surface area contributed by atoms with E-state index >= 15 is 0 Å². The second-order valence-corrected chi connectivity index (χ2v) is 13.9. The lowest BCUT2D eigenvalue weighted by molar-refractivity contribution is -0.158. The largest absolute Gasteiger partial charge is 0.458 e. The minimum Gasteiger partial charge on any atom is -0.458 e. The topological polar surface area (TPSA) is 63.6 Å². The fourth-order valence-electron chi connectivity index (χ4n) is 9.71. The van der Waals surface area contributed by atoms with Gasteiger partial charge in [0.1, 0.15) is 6.10 Å². The van der Waals surface area contributed by atoms with E-state index in [1.54, 1.807) is 0 Å². The SMILES string of the molecule is CC(C)=C[C@H]1C[C@@H]([C@@H]2CC[C@]3(C)C4=CC(=O)[C@H]5C(C)(C)[C@H](O)CC[C@]5(C)[C@H]4CC[C@@]23C)C(=O)O1. The number of aliphatic hydroxyl groups is 1. The van der Waals surface area contributed by atoms with Gasteiger partial charge in [-0.2, -0.15) is 0 Å². The Morgan fingerprint density at radius 2 is 1.74 bits per heavy atom. The van der Waals surface area contributed by atoms with Crippen molar-refractivity contribution in [1.29, 1.82) is 0 Å². The predicted molar refractivity (Wildman–Crippen MR) is 133 cm³/mol. The molecule has 1 N–H and O–H groups in total. The Kier molecular flexibility index (Phi) is 5.39. The molecule has 5 rings (SSSR count). The average molecular weight is 469 g/mol. The van der Waals surface area contributed by atoms with Crippen LogP contribution >= 0.6 is 0 Å². The van der Waals surface area contributed by atoms with Gasteiger partial charge in [0.05, 0.1) is 12.0 Å². The van der Waals surface area contributed by atoms with Gasteiger partial charge in [0.2, 0.25) is 0 Å². The zero-order valence-corrected chi connectivity index (χ0v) is 22.2. The summed E-state index contributed by atoms with van der Waals surface area (Å²) in [6, 6.07) is 0. The molecule has 4 nitrogen and oxygen atoms in total. The molecule has 0 aromatic carbocycles. The van der Waals surface area contributed by atoms with Crippen LogP contribution in [-0.2, 0) is 14.3 Å². The van der Waals surface area contributed by atoms with Crippen LogP contribution in [0.4, 0.5) is 0 Å². The van der Waals surface area contributed by atoms with Crippen molar-refractivity contribution in [2.75, 3.05) is 0 Å². The number of allylic oxidation sites excluding steroid dienone is 3. The van der Waals surface area contributed by atoms with E-state index in [1.165, 1.54) is 11.1 Å². The average Bonchev–Trinajstić information content (AvgIpc) is 3.21. The highest BCUT2D eigenvalue weighted by molar-refractivity contribution is 5.95. The van der Waals surface area contributed by atoms with Crippen LogP contribution < -0.4 is 0 Å². The molecule has 1 saturated heterocycles. The van der Waals surface area contributed by atoms with E-state index in [2.05, 4.69) is 54.5 Å². The quantitative estimate of drug-likeness (QED) is 0.397. The summed E-state index contributed by atoms with van der Waals surface area (Å²) in [5.41, 5.74) is 1.96. The Morgan fingerprint density at radius 3 is 2.41 bits per heavy atom. The van der Waals surface area contributed by atoms with Crippen LogP contribution in [-0.4, -0.2) is 29.1 Å². The van der Waals surface area contributed by atoms with Gasteiger partial charge in [-0.05, 0) is 92.6 Å². The first kappa shape index (κ1) is 24.3. The highest BCUT2D eigenvalue weighted by Gasteiger charge is 2.68. The molecule has 4 fully saturated rings. The van der Waals surface area contributed by atoms with Gasteiger partial charge in [-0.3, -0.25) is 9.59 Å². The minimum absolute atomic E-state index is 0.00788. The van der Waals surface area contributed by atoms with Crippen molar-refractivity contribution < 1.29 is 19.4 Å². The third-order valence-corrected chi connectivity index (χ3v) is 11.7. The third-order valence-electron chi connectivity index (χ3n) is 11.7. The number of ketones is 1. The molecule has 34 heavy (non-hydrogen) atoms. The summed E-state index contributed by atoms with van der Waals surface area (Å²) in [6.07, 6.45) is 10.3. The van der Waals surface area contributed by atoms with Gasteiger partial charge in [0.15, 0.2) is 5.78 Å². The molecule has 1 heterocycles. The lowest BCUT2D eigenvalue weighted by Gasteiger charge is -2.63. The van der Waals surface area contributed by atoms with E-state index in [1.807, 2.05) is 6.08 Å². The molecule has 1 aliphatic heterocycles. The molecule has 5 aliphatic rings. The Bertz CT molecular complexity index is 970. The van der Waals surface area contributed by atoms with Crippen molar-refractivity contribution >= 4 is 11.8 Å². The number of cyclic esters (lactones) is 1. The normalized spacial score (nSPS) is 49.5. The summed E-state index contributed by atoms with van der Waals surface area (Å²) < 4.78 is 5.79. The Hall–Kier alpha value is -1.42. The fraction of sp³-hybridized carbons (Fsp3) is 0.800. The first-order chi connectivity index (χ1) is 15.8. The van der Waals surface area contributed by atoms with Gasteiger partial charge in [-0.25, -0.2) is 0 Å². The number of hydrogen-bond acceptors (Lipinski definition) is 4. The van der Waals surface area contributed by atoms with Crippen LogP contribution in [0.25, 0.3) is 0 Å². The highest BCUT2D eigenvalue weighted by atomic mass is 16.5. The zero-order valence-electron chi connectivity index (χ0n) is 22.2. The van der Waals surface area contributed by atoms with Crippen LogP contribution in [0.2, 0.25) is 0 Å². The molecular weight excluding hydrogens is 424 g/mol. The molecule has 0 aromatic heterocycles. The molecule has 4 heteroatoms. The number of carbonyl (C=O) groups excluding carboxylic acids is 2. The maximum atomic E-state index is 13.8. The summed E-state index contributed by atoms with van der Waals surface area (Å²) in [5, 5.41) is 10.8. The van der Waals surface area contributed by atoms with Crippen molar-refractivity contribution in [2.45, 2.75) is 106 Å². The Morgan fingerprint density at radius 1 is 1.03 bits per heavy atom. The van der Waals surface area contributed by atoms with Gasteiger partial charge in [0, 0.05) is 17.8 Å². The first-order valence-corrected chi connectivity index (χ1v) is 13.6. The van der Waals surface area contributed by atoms with Gasteiger partial charge in [0.25, 0.3) is 0 Å². The Labute approximate surface area is 205 Å². The number of aliphatic hydroxyl groups excluding tert-OH is 1. The summed E-state index contributed by atoms with van der Waals surface area (Å²) >= 11 is 0. The molecule has 0 aromatic rings. The predicted octanol–water partition coefficient (Wildman–Crippen LogP) is 6.03. The second-order valence-electron chi connectivity index (χ2n) is 13.9. The number of rotatable bonds is 2. The number of ether oxygens (including phenoxy) is 1. The van der Waals surface area contributed by atoms with Crippen LogP contribution in [0.5, 0.6) is 0 Å². The highest BCUT2D eigenvalue weighted by Crippen LogP contribution is 2.73. The van der Waals surface area contributed by atoms with Crippen molar-refractivity contribution in [3.05, 3.63) is 23.3 Å². The van der Waals surface area contributed by atoms with Gasteiger partial charge >= 0.3 is 5.97 Å². The monoisotopic (exact) mass is 468 g/mol. The zero-order chi connectivity index (χ0) is 24.8. The standard InChI is InChI=1S/C30H44O4/c1-17(2)14-18-15-19(26(33)34-18)20-8-12-30(7)22-16-23(31)25-27(3,4)24(32)10-11-28(25,5)21(22)9-13-29(20,30)6/h14,16,18-21,24-25,32H,8-13,15H2,1-7H3/t18-,19-,20-,21-,24+,25-,28+,29-,30+/m0/s1. The van der Waals surface area contributed by atoms with E-state index in [-0.39, 0.29) is 45.9 Å². The minimum atomic E-state index is -0.424. The molecular formula is C30H44O4. The molecule has 0 radical (unpaired) electrons. The van der Waals surface area contributed by atoms with E-state index < -0.39 is 11.5 Å². The maximum absolute atomic E-state index is 13.8. The molecule has 188 valence electrons. The number of esters is 1. The number of hydrogen-bond donors (Lipinski definition) is 1. The van der Waals surface area contributed by atoms with Crippen LogP contribution in [0, 0.1) is 45.3 Å². The molecule has 9 atom stereocenters. The van der Waals surface area contributed by atoms with Gasteiger partial charge < -0.3 is 9.84 Å². The van der Waals surface area contributed by atoms with E-state index in [4.69, 9.17) is 4.74 Å². The summed E-state index contributed by atoms with van der Waals surface area (Å²) in [4.78, 5) is 26.8. The molecule has 3 saturated carbocycles. The fourth-order valence-corrected chi connectivity index (χ4v) is 9.71. The summed E-state index contributed by atoms with van der Waals surface area (Å²) in [6.45, 7) is 15.4. The van der Waals surface area contributed by atoms with E-state index in [0.717, 1.165) is 44.9 Å². The van der Waals surface area contributed by atoms with Crippen molar-refractivity contribution in [2.24, 2.45) is 45.3 Å². The smallest absolute Gasteiger partial charge is 0.309 e. The summed E-state index contributed by atoms with van der Waals surface area (Å²) in [5.74, 6) is 0.702. The van der Waals surface area contributed by atoms with Crippen molar-refractivity contribution in [1.82, 2.24) is 0 Å². The molecule has 0 unspecified atom stereocenters. The molecule has 0 spiro atoms. The first-order valence-electron chi connectivity index (χ1n) is 13.6. The van der Waals surface area contributed by atoms with E-state index in [9.17, 15) is 14.7 Å². The number of fused-ring (bicyclic) bond motifs is 5. The van der Waals surface area contributed by atoms with Crippen LogP contribution in [0.3, 0.4) is 0 Å². The van der Waals surface area contributed by atoms with Gasteiger partial charge in [-0.1, -0.05) is 45.8 Å². The molecule has 0 amide bonds. The van der Waals surface area contributed by atoms with Crippen molar-refractivity contribution in [3.63, 3.8) is 0 Å². The maximum Gasteiger partial charge on any atom is 0.309 e. The third kappa shape index (κ3) is 3.06. The summed E-state index contributed by atoms with van der Waals surface area (Å²) in [7, 11) is 0. The van der Waals surface area contributed by atoms with E-state index in [0.29, 0.717) is 11.8 Å². The molecule has 0 bridgehead atoms. The van der Waals surface area contributed by atoms with Crippen LogP contribution in [0.1, 0.15) is 93.4 Å². The lowest BCUT2D eigenvalue weighted by Crippen LogP contribution is -2.60. The van der Waals surface area contributed by atoms with Crippen molar-refractivity contribution in [3.8, 4) is 0 Å². The van der Waals surface area contributed by atoms with Gasteiger partial charge in [-0.15, -0.1) is 0 Å². The molecule has 4 aliphatic carbocycles. The Balaban J connectivity index is 1.51.